The van der Waals surface area contributed by atoms with Crippen LogP contribution in [-0.2, 0) is 27.3 Å². The number of nitrogens with zero attached hydrogens (tertiary/aromatic N) is 1. The number of anilines is 1. The third-order valence-corrected chi connectivity index (χ3v) is 8.40. The van der Waals surface area contributed by atoms with E-state index >= 15 is 0 Å². The van der Waals surface area contributed by atoms with Crippen LogP contribution in [0.15, 0.2) is 23.0 Å². The van der Waals surface area contributed by atoms with Crippen molar-refractivity contribution in [3.8, 4) is 5.75 Å². The molecule has 40 heavy (non-hydrogen) atoms. The van der Waals surface area contributed by atoms with Crippen molar-refractivity contribution < 1.29 is 48.0 Å². The number of carbonyl (C=O) groups excluding carboxylic acids is 3. The maximum atomic E-state index is 13.7. The van der Waals surface area contributed by atoms with E-state index in [1.807, 2.05) is 0 Å². The lowest BCUT2D eigenvalue weighted by molar-refractivity contribution is -0.158. The SMILES string of the molecule is CNc1cc(CN(C)C(C)CC(F)(F)F)c(O)c2c1C[C@H]1C[C@H]3CC(O)=C(C(N)=O)CC(=O)[C@@]3(O)C(=O)C1=C2O. The van der Waals surface area contributed by atoms with E-state index in [1.54, 1.807) is 13.1 Å². The van der Waals surface area contributed by atoms with Crippen LogP contribution in [0.4, 0.5) is 18.9 Å². The zero-order chi connectivity index (χ0) is 29.9. The Morgan fingerprint density at radius 2 is 1.90 bits per heavy atom. The molecule has 10 nitrogen and oxygen atoms in total. The van der Waals surface area contributed by atoms with Gasteiger partial charge in [0.1, 0.15) is 17.3 Å². The fourth-order valence-electron chi connectivity index (χ4n) is 6.14. The van der Waals surface area contributed by atoms with Crippen LogP contribution in [0.2, 0.25) is 0 Å². The summed E-state index contributed by atoms with van der Waals surface area (Å²) < 4.78 is 38.8. The van der Waals surface area contributed by atoms with E-state index in [0.717, 1.165) is 0 Å². The Kier molecular flexibility index (Phi) is 7.43. The molecule has 1 unspecified atom stereocenters. The first-order chi connectivity index (χ1) is 18.5. The number of allylic oxidation sites excluding steroid dienone is 1. The Morgan fingerprint density at radius 3 is 2.48 bits per heavy atom. The molecule has 0 spiro atoms. The van der Waals surface area contributed by atoms with Gasteiger partial charge in [-0.15, -0.1) is 0 Å². The Bertz CT molecular complexity index is 1350. The second-order valence-electron chi connectivity index (χ2n) is 10.9. The molecule has 0 aromatic heterocycles. The minimum Gasteiger partial charge on any atom is -0.512 e. The van der Waals surface area contributed by atoms with Crippen LogP contribution in [0.1, 0.15) is 49.3 Å². The molecule has 3 aliphatic carbocycles. The Labute approximate surface area is 228 Å². The molecular weight excluding hydrogens is 535 g/mol. The topological polar surface area (TPSA) is 173 Å². The molecule has 1 fully saturated rings. The van der Waals surface area contributed by atoms with Gasteiger partial charge >= 0.3 is 6.18 Å². The predicted octanol–water partition coefficient (Wildman–Crippen LogP) is 2.63. The minimum absolute atomic E-state index is 0.00766. The summed E-state index contributed by atoms with van der Waals surface area (Å²) in [5.74, 6) is -6.55. The standard InChI is InChI=1S/C27H32F3N3O7/c1-11(9-26(28,29)30)33(3)10-13-6-17(32-2)15-5-12-4-14-7-18(34)16(25(31)39)8-19(35)27(14,40)24(38)20(12)23(37)21(15)22(13)36/h6,11-12,14,32,34,36-37,40H,4-5,7-10H2,1-3H3,(H2,31,39)/t11?,12-,14+,27-/m1/s1. The molecule has 0 heterocycles. The van der Waals surface area contributed by atoms with Crippen LogP contribution in [-0.4, -0.2) is 74.7 Å². The summed E-state index contributed by atoms with van der Waals surface area (Å²) in [6, 6.07) is 0.639. The summed E-state index contributed by atoms with van der Waals surface area (Å²) in [6.45, 7) is 1.28. The zero-order valence-corrected chi connectivity index (χ0v) is 22.2. The van der Waals surface area contributed by atoms with E-state index in [1.165, 1.54) is 18.9 Å². The van der Waals surface area contributed by atoms with Gasteiger partial charge in [0.15, 0.2) is 11.4 Å². The van der Waals surface area contributed by atoms with Gasteiger partial charge < -0.3 is 31.5 Å². The van der Waals surface area contributed by atoms with Gasteiger partial charge in [-0.3, -0.25) is 19.3 Å². The fraction of sp³-hybridized carbons (Fsp3) is 0.519. The summed E-state index contributed by atoms with van der Waals surface area (Å²) in [7, 11) is 3.05. The predicted molar refractivity (Wildman–Crippen MR) is 137 cm³/mol. The number of nitrogens with one attached hydrogen (secondary N) is 1. The van der Waals surface area contributed by atoms with Crippen LogP contribution in [0.3, 0.4) is 0 Å². The number of phenolic OH excluding ortho intramolecular Hbond substituents is 1. The average Bonchev–Trinajstić information content (AvgIpc) is 2.94. The number of hydrogen-bond acceptors (Lipinski definition) is 9. The molecular formula is C27H32F3N3O7. The summed E-state index contributed by atoms with van der Waals surface area (Å²) in [4.78, 5) is 40.0. The maximum absolute atomic E-state index is 13.7. The van der Waals surface area contributed by atoms with Gasteiger partial charge in [0.2, 0.25) is 11.7 Å². The Balaban J connectivity index is 1.78. The van der Waals surface area contributed by atoms with Crippen molar-refractivity contribution in [1.29, 1.82) is 0 Å². The minimum atomic E-state index is -4.39. The molecule has 0 bridgehead atoms. The number of aromatic hydroxyl groups is 1. The molecule has 0 saturated heterocycles. The van der Waals surface area contributed by atoms with E-state index in [2.05, 4.69) is 5.32 Å². The van der Waals surface area contributed by atoms with Crippen molar-refractivity contribution in [3.05, 3.63) is 39.7 Å². The second kappa shape index (κ2) is 10.1. The molecule has 1 saturated carbocycles. The third kappa shape index (κ3) is 4.81. The smallest absolute Gasteiger partial charge is 0.390 e. The number of amides is 1. The van der Waals surface area contributed by atoms with E-state index in [4.69, 9.17) is 5.73 Å². The molecule has 0 radical (unpaired) electrons. The van der Waals surface area contributed by atoms with Crippen LogP contribution < -0.4 is 11.1 Å². The first-order valence-corrected chi connectivity index (χ1v) is 12.8. The number of fused-ring (bicyclic) bond motifs is 3. The Morgan fingerprint density at radius 1 is 1.25 bits per heavy atom. The number of Topliss-reactive ketones (excluding diaryl/α,β-unsaturated/α-hetero) is 2. The third-order valence-electron chi connectivity index (χ3n) is 8.40. The number of halogens is 3. The molecule has 218 valence electrons. The highest BCUT2D eigenvalue weighted by molar-refractivity contribution is 6.22. The fourth-order valence-corrected chi connectivity index (χ4v) is 6.14. The molecule has 13 heteroatoms. The molecule has 1 amide bonds. The summed E-state index contributed by atoms with van der Waals surface area (Å²) in [6.07, 6.45) is -6.48. The lowest BCUT2D eigenvalue weighted by Gasteiger charge is -2.43. The summed E-state index contributed by atoms with van der Waals surface area (Å²) in [5.41, 5.74) is 2.96. The van der Waals surface area contributed by atoms with E-state index in [-0.39, 0.29) is 42.5 Å². The Hall–Kier alpha value is -3.58. The van der Waals surface area contributed by atoms with Crippen molar-refractivity contribution >= 4 is 28.9 Å². The van der Waals surface area contributed by atoms with Crippen LogP contribution in [0.5, 0.6) is 5.75 Å². The number of hydrogen-bond donors (Lipinski definition) is 6. The number of rotatable bonds is 6. The van der Waals surface area contributed by atoms with Gasteiger partial charge in [0, 0.05) is 55.2 Å². The van der Waals surface area contributed by atoms with Crippen molar-refractivity contribution in [2.45, 2.75) is 63.4 Å². The summed E-state index contributed by atoms with van der Waals surface area (Å²) >= 11 is 0. The van der Waals surface area contributed by atoms with Gasteiger partial charge in [0.05, 0.1) is 17.6 Å². The van der Waals surface area contributed by atoms with Gasteiger partial charge in [-0.05, 0) is 44.4 Å². The lowest BCUT2D eigenvalue weighted by Crippen LogP contribution is -2.58. The van der Waals surface area contributed by atoms with Crippen LogP contribution in [0.25, 0.3) is 5.76 Å². The number of aliphatic hydroxyl groups is 3. The highest BCUT2D eigenvalue weighted by atomic mass is 19.4. The van der Waals surface area contributed by atoms with Gasteiger partial charge in [-0.1, -0.05) is 0 Å². The number of phenols is 1. The second-order valence-corrected chi connectivity index (χ2v) is 10.9. The number of ketones is 2. The molecule has 1 aromatic rings. The van der Waals surface area contributed by atoms with E-state index < -0.39 is 82.8 Å². The van der Waals surface area contributed by atoms with Gasteiger partial charge in [-0.25, -0.2) is 0 Å². The van der Waals surface area contributed by atoms with Crippen molar-refractivity contribution in [1.82, 2.24) is 4.90 Å². The normalized spacial score (nSPS) is 25.8. The van der Waals surface area contributed by atoms with E-state index in [0.29, 0.717) is 11.3 Å². The highest BCUT2D eigenvalue weighted by Crippen LogP contribution is 2.52. The lowest BCUT2D eigenvalue weighted by atomic mass is 9.61. The number of nitrogens with two attached hydrogens (primary N) is 1. The van der Waals surface area contributed by atoms with Crippen LogP contribution >= 0.6 is 0 Å². The van der Waals surface area contributed by atoms with Crippen molar-refractivity contribution in [2.24, 2.45) is 17.6 Å². The van der Waals surface area contributed by atoms with Crippen molar-refractivity contribution in [2.75, 3.05) is 19.4 Å². The zero-order valence-electron chi connectivity index (χ0n) is 22.2. The highest BCUT2D eigenvalue weighted by Gasteiger charge is 2.59. The molecule has 7 N–H and O–H groups in total. The number of alkyl halides is 3. The number of aliphatic hydroxyl groups excluding tert-OH is 2. The summed E-state index contributed by atoms with van der Waals surface area (Å²) in [5, 5.41) is 47.4. The maximum Gasteiger partial charge on any atom is 0.390 e. The van der Waals surface area contributed by atoms with Crippen LogP contribution in [0, 0.1) is 11.8 Å². The number of primary amides is 1. The average molecular weight is 568 g/mol. The van der Waals surface area contributed by atoms with Gasteiger partial charge in [0.25, 0.3) is 0 Å². The molecule has 4 atom stereocenters. The van der Waals surface area contributed by atoms with Gasteiger partial charge in [-0.2, -0.15) is 13.2 Å². The van der Waals surface area contributed by atoms with Crippen molar-refractivity contribution in [3.63, 3.8) is 0 Å². The monoisotopic (exact) mass is 567 g/mol. The molecule has 3 aliphatic rings. The molecule has 0 aliphatic heterocycles. The van der Waals surface area contributed by atoms with E-state index in [9.17, 15) is 48.0 Å². The quantitative estimate of drug-likeness (QED) is 0.223. The molecule has 1 aromatic carbocycles. The number of benzene rings is 1. The largest absolute Gasteiger partial charge is 0.512 e. The number of carbonyl (C=O) groups is 3. The first-order valence-electron chi connectivity index (χ1n) is 12.8. The first kappa shape index (κ1) is 29.4. The molecule has 4 rings (SSSR count).